The van der Waals surface area contributed by atoms with Crippen molar-refractivity contribution < 1.29 is 37.5 Å². The van der Waals surface area contributed by atoms with Crippen LogP contribution < -0.4 is 9.47 Å². The molecule has 32 heavy (non-hydrogen) atoms. The molecule has 0 amide bonds. The molecule has 1 heterocycles. The van der Waals surface area contributed by atoms with Gasteiger partial charge in [0.15, 0.2) is 11.5 Å². The monoisotopic (exact) mass is 469 g/mol. The van der Waals surface area contributed by atoms with Gasteiger partial charge in [0.1, 0.15) is 11.0 Å². The molecule has 1 unspecified atom stereocenters. The van der Waals surface area contributed by atoms with Gasteiger partial charge in [-0.25, -0.2) is 13.8 Å². The van der Waals surface area contributed by atoms with Crippen molar-refractivity contribution in [3.63, 3.8) is 0 Å². The van der Waals surface area contributed by atoms with Crippen molar-refractivity contribution in [2.75, 3.05) is 28.4 Å². The maximum Gasteiger partial charge on any atom is 0.362 e. The van der Waals surface area contributed by atoms with Crippen LogP contribution in [0.3, 0.4) is 0 Å². The minimum absolute atomic E-state index is 0.0383. The van der Waals surface area contributed by atoms with Crippen LogP contribution in [0.15, 0.2) is 22.6 Å². The molecule has 1 aromatic carbocycles. The summed E-state index contributed by atoms with van der Waals surface area (Å²) in [4.78, 5) is 26.1. The molecule has 0 aliphatic carbocycles. The van der Waals surface area contributed by atoms with Crippen molar-refractivity contribution in [3.05, 3.63) is 23.8 Å². The number of hydrogen-bond donors (Lipinski definition) is 0. The van der Waals surface area contributed by atoms with Crippen molar-refractivity contribution in [1.29, 1.82) is 0 Å². The number of nitrogens with zero attached hydrogens (tertiary/aromatic N) is 1. The molecular formula is C22H31NO8S. The Bertz CT molecular complexity index is 905. The molecule has 178 valence electrons. The third-order valence-corrected chi connectivity index (χ3v) is 6.70. The van der Waals surface area contributed by atoms with Gasteiger partial charge in [-0.3, -0.25) is 0 Å². The van der Waals surface area contributed by atoms with E-state index >= 15 is 0 Å². The normalized spacial score (nSPS) is 22.1. The number of rotatable bonds is 7. The molecule has 1 aliphatic heterocycles. The molecule has 0 bridgehead atoms. The van der Waals surface area contributed by atoms with Crippen molar-refractivity contribution in [3.8, 4) is 11.5 Å². The molecule has 0 N–H and O–H groups in total. The van der Waals surface area contributed by atoms with Crippen LogP contribution in [-0.4, -0.2) is 60.8 Å². The van der Waals surface area contributed by atoms with Gasteiger partial charge in [0.05, 0.1) is 39.1 Å². The Labute approximate surface area is 191 Å². The summed E-state index contributed by atoms with van der Waals surface area (Å²) in [6, 6.07) is 5.05. The molecule has 9 nitrogen and oxygen atoms in total. The van der Waals surface area contributed by atoms with E-state index in [2.05, 4.69) is 4.40 Å². The molecule has 2 rings (SSSR count). The first-order valence-electron chi connectivity index (χ1n) is 10.1. The number of methoxy groups -OCH3 is 4. The maximum atomic E-state index is 13.1. The minimum Gasteiger partial charge on any atom is -0.493 e. The lowest BCUT2D eigenvalue weighted by molar-refractivity contribution is -0.178. The standard InChI is InChI=1S/C22H31NO8S/c1-9-14-17(13-10-11-15(27-5)16(12-13)28-6)22(19(24)29-7,20(25)30-8)31-18(14)23-32(26)21(2,3)4/h10-12,14,17H,9H2,1-8H3/b23-18-/t14-,17-,32?/m1/s1. The summed E-state index contributed by atoms with van der Waals surface area (Å²) in [6.07, 6.45) is 0.439. The van der Waals surface area contributed by atoms with Gasteiger partial charge < -0.3 is 23.7 Å². The lowest BCUT2D eigenvalue weighted by atomic mass is 9.75. The van der Waals surface area contributed by atoms with Crippen LogP contribution in [0.5, 0.6) is 11.5 Å². The number of benzene rings is 1. The summed E-state index contributed by atoms with van der Waals surface area (Å²) in [5, 5.41) is 0. The molecule has 1 aromatic rings. The highest BCUT2D eigenvalue weighted by molar-refractivity contribution is 7.85. The Morgan fingerprint density at radius 2 is 1.62 bits per heavy atom. The van der Waals surface area contributed by atoms with Gasteiger partial charge in [0.2, 0.25) is 5.90 Å². The van der Waals surface area contributed by atoms with Crippen LogP contribution in [0, 0.1) is 5.92 Å². The van der Waals surface area contributed by atoms with E-state index in [9.17, 15) is 13.8 Å². The fraction of sp³-hybridized carbons (Fsp3) is 0.591. The number of carbonyl (C=O) groups is 2. The van der Waals surface area contributed by atoms with E-state index < -0.39 is 45.1 Å². The van der Waals surface area contributed by atoms with E-state index in [4.69, 9.17) is 23.7 Å². The van der Waals surface area contributed by atoms with Gasteiger partial charge in [0.25, 0.3) is 0 Å². The van der Waals surface area contributed by atoms with Crippen LogP contribution in [-0.2, 0) is 34.8 Å². The fourth-order valence-corrected chi connectivity index (χ4v) is 4.29. The molecule has 10 heteroatoms. The van der Waals surface area contributed by atoms with Gasteiger partial charge in [-0.1, -0.05) is 13.0 Å². The van der Waals surface area contributed by atoms with Gasteiger partial charge in [-0.15, -0.1) is 0 Å². The molecule has 3 atom stereocenters. The summed E-state index contributed by atoms with van der Waals surface area (Å²) in [6.45, 7) is 7.16. The lowest BCUT2D eigenvalue weighted by Gasteiger charge is -2.30. The highest BCUT2D eigenvalue weighted by Crippen LogP contribution is 2.49. The smallest absolute Gasteiger partial charge is 0.362 e. The molecule has 1 fully saturated rings. The molecule has 0 spiro atoms. The van der Waals surface area contributed by atoms with Crippen molar-refractivity contribution in [2.45, 2.75) is 50.4 Å². The Morgan fingerprint density at radius 3 is 2.06 bits per heavy atom. The largest absolute Gasteiger partial charge is 0.493 e. The summed E-state index contributed by atoms with van der Waals surface area (Å²) in [5.41, 5.74) is -1.61. The zero-order valence-electron chi connectivity index (χ0n) is 19.7. The molecule has 0 aromatic heterocycles. The predicted octanol–water partition coefficient (Wildman–Crippen LogP) is 2.79. The highest BCUT2D eigenvalue weighted by Gasteiger charge is 2.66. The number of ether oxygens (including phenoxy) is 5. The molecule has 0 radical (unpaired) electrons. The van der Waals surface area contributed by atoms with Gasteiger partial charge in [-0.05, 0) is 44.9 Å². The number of carbonyl (C=O) groups excluding carboxylic acids is 2. The Balaban J connectivity index is 2.82. The predicted molar refractivity (Wildman–Crippen MR) is 119 cm³/mol. The van der Waals surface area contributed by atoms with Gasteiger partial charge in [-0.2, -0.15) is 4.40 Å². The zero-order chi connectivity index (χ0) is 24.3. The first-order chi connectivity index (χ1) is 15.0. The van der Waals surface area contributed by atoms with E-state index in [-0.39, 0.29) is 5.90 Å². The van der Waals surface area contributed by atoms with Crippen molar-refractivity contribution in [1.82, 2.24) is 0 Å². The third-order valence-electron chi connectivity index (χ3n) is 5.30. The first-order valence-corrected chi connectivity index (χ1v) is 11.2. The molecular weight excluding hydrogens is 438 g/mol. The average Bonchev–Trinajstić information content (AvgIpc) is 3.11. The van der Waals surface area contributed by atoms with E-state index in [1.807, 2.05) is 6.92 Å². The van der Waals surface area contributed by atoms with Crippen LogP contribution in [0.1, 0.15) is 45.6 Å². The Kier molecular flexibility index (Phi) is 7.92. The van der Waals surface area contributed by atoms with E-state index in [1.165, 1.54) is 14.2 Å². The zero-order valence-corrected chi connectivity index (χ0v) is 20.5. The summed E-state index contributed by atoms with van der Waals surface area (Å²) in [5.74, 6) is -2.37. The molecule has 1 saturated heterocycles. The Hall–Kier alpha value is -2.62. The van der Waals surface area contributed by atoms with Gasteiger partial charge in [0, 0.05) is 5.92 Å². The second-order valence-corrected chi connectivity index (χ2v) is 10.1. The molecule has 1 aliphatic rings. The van der Waals surface area contributed by atoms with E-state index in [1.54, 1.807) is 39.0 Å². The SMILES string of the molecule is CC[C@H]1/C(=N/S(=O)C(C)(C)C)OC(C(=O)OC)(C(=O)OC)[C@@H]1c1ccc(OC)c(OC)c1. The van der Waals surface area contributed by atoms with Gasteiger partial charge >= 0.3 is 17.5 Å². The van der Waals surface area contributed by atoms with Crippen LogP contribution in [0.2, 0.25) is 0 Å². The molecule has 0 saturated carbocycles. The third kappa shape index (κ3) is 4.46. The second kappa shape index (κ2) is 9.89. The van der Waals surface area contributed by atoms with E-state index in [0.29, 0.717) is 23.5 Å². The minimum atomic E-state index is -2.16. The van der Waals surface area contributed by atoms with Crippen LogP contribution in [0.4, 0.5) is 0 Å². The van der Waals surface area contributed by atoms with E-state index in [0.717, 1.165) is 14.2 Å². The van der Waals surface area contributed by atoms with Crippen molar-refractivity contribution in [2.24, 2.45) is 10.3 Å². The maximum absolute atomic E-state index is 13.1. The summed E-state index contributed by atoms with van der Waals surface area (Å²) in [7, 11) is 3.62. The topological polar surface area (TPSA) is 110 Å². The lowest BCUT2D eigenvalue weighted by Crippen LogP contribution is -2.52. The van der Waals surface area contributed by atoms with Crippen LogP contribution in [0.25, 0.3) is 0 Å². The summed E-state index contributed by atoms with van der Waals surface area (Å²) >= 11 is 0. The number of esters is 2. The average molecular weight is 470 g/mol. The van der Waals surface area contributed by atoms with Crippen molar-refractivity contribution >= 4 is 28.8 Å². The summed E-state index contributed by atoms with van der Waals surface area (Å²) < 4.78 is 43.0. The second-order valence-electron chi connectivity index (χ2n) is 8.22. The highest BCUT2D eigenvalue weighted by atomic mass is 32.2. The quantitative estimate of drug-likeness (QED) is 0.443. The fourth-order valence-electron chi connectivity index (χ4n) is 3.68. The Morgan fingerprint density at radius 1 is 1.06 bits per heavy atom. The first kappa shape index (κ1) is 25.6. The van der Waals surface area contributed by atoms with Crippen LogP contribution >= 0.6 is 0 Å². The number of hydrogen-bond acceptors (Lipinski definition) is 8.